The van der Waals surface area contributed by atoms with Gasteiger partial charge in [0.2, 0.25) is 5.79 Å². The molecule has 0 aliphatic rings. The van der Waals surface area contributed by atoms with Gasteiger partial charge in [0.05, 0.1) is 6.61 Å². The Morgan fingerprint density at radius 2 is 1.26 bits per heavy atom. The third-order valence-corrected chi connectivity index (χ3v) is 5.91. The summed E-state index contributed by atoms with van der Waals surface area (Å²) in [5.41, 5.74) is 6.59. The lowest BCUT2D eigenvalue weighted by molar-refractivity contribution is -0.164. The molecule has 38 heavy (non-hydrogen) atoms. The van der Waals surface area contributed by atoms with Crippen LogP contribution in [0.1, 0.15) is 41.7 Å². The fourth-order valence-electron chi connectivity index (χ4n) is 3.77. The molecule has 0 aliphatic heterocycles. The van der Waals surface area contributed by atoms with Crippen molar-refractivity contribution < 1.29 is 14.6 Å². The van der Waals surface area contributed by atoms with Gasteiger partial charge in [0, 0.05) is 13.8 Å². The van der Waals surface area contributed by atoms with Gasteiger partial charge in [0.15, 0.2) is 0 Å². The summed E-state index contributed by atoms with van der Waals surface area (Å²) in [5.74, 6) is 0.242. The van der Waals surface area contributed by atoms with Crippen molar-refractivity contribution in [2.24, 2.45) is 0 Å². The molecule has 0 atom stereocenters. The maximum Gasteiger partial charge on any atom is 0.205 e. The molecule has 0 aliphatic carbocycles. The largest absolute Gasteiger partial charge is 0.508 e. The molecule has 4 rings (SSSR count). The predicted octanol–water partition coefficient (Wildman–Crippen LogP) is 8.84. The Bertz CT molecular complexity index is 1320. The number of phenols is 1. The van der Waals surface area contributed by atoms with Crippen LogP contribution >= 0.6 is 0 Å². The van der Waals surface area contributed by atoms with Crippen molar-refractivity contribution in [3.05, 3.63) is 149 Å². The first-order valence-corrected chi connectivity index (χ1v) is 12.8. The van der Waals surface area contributed by atoms with Crippen LogP contribution in [-0.4, -0.2) is 10.9 Å². The molecule has 0 bridgehead atoms. The molecule has 0 saturated heterocycles. The molecule has 4 aromatic carbocycles. The number of rotatable bonds is 10. The van der Waals surface area contributed by atoms with Gasteiger partial charge >= 0.3 is 0 Å². The lowest BCUT2D eigenvalue weighted by atomic mass is 10.1. The molecular formula is C35H34O3. The molecule has 192 valence electrons. The average Bonchev–Trinajstić information content (AvgIpc) is 2.92. The van der Waals surface area contributed by atoms with Gasteiger partial charge in [0.1, 0.15) is 11.5 Å². The fraction of sp³-hybridized carbons (Fsp3) is 0.143. The van der Waals surface area contributed by atoms with Gasteiger partial charge < -0.3 is 14.6 Å². The van der Waals surface area contributed by atoms with Crippen LogP contribution in [0.25, 0.3) is 18.2 Å². The van der Waals surface area contributed by atoms with E-state index >= 15 is 0 Å². The minimum absolute atomic E-state index is 0.258. The molecule has 0 aromatic heterocycles. The van der Waals surface area contributed by atoms with Gasteiger partial charge in [-0.1, -0.05) is 109 Å². The highest BCUT2D eigenvalue weighted by Crippen LogP contribution is 2.23. The number of hydrogen-bond acceptors (Lipinski definition) is 3. The van der Waals surface area contributed by atoms with Crippen molar-refractivity contribution in [2.75, 3.05) is 0 Å². The number of phenolic OH excluding ortho intramolecular Hbond substituents is 1. The maximum atomic E-state index is 9.57. The molecule has 4 aromatic rings. The van der Waals surface area contributed by atoms with Crippen LogP contribution in [0.4, 0.5) is 0 Å². The number of aromatic hydroxyl groups is 1. The first kappa shape index (κ1) is 26.7. The Hall–Kier alpha value is -4.34. The topological polar surface area (TPSA) is 38.7 Å². The minimum Gasteiger partial charge on any atom is -0.508 e. The summed E-state index contributed by atoms with van der Waals surface area (Å²) in [7, 11) is 0. The third-order valence-electron chi connectivity index (χ3n) is 5.91. The van der Waals surface area contributed by atoms with E-state index in [1.807, 2.05) is 86.7 Å². The standard InChI is InChI=1S/C35H34O3/c1-27-9-11-28(12-10-27)13-15-30(16-14-29-17-21-33(36)22-18-29)25-31-19-23-34(24-20-31)38-35(2,3)37-26-32-7-5-4-6-8-32/h4-25,36H,26H2,1-3H3. The van der Waals surface area contributed by atoms with E-state index in [2.05, 4.69) is 55.5 Å². The van der Waals surface area contributed by atoms with Crippen LogP contribution in [0, 0.1) is 6.92 Å². The lowest BCUT2D eigenvalue weighted by Gasteiger charge is -2.26. The molecule has 3 nitrogen and oxygen atoms in total. The van der Waals surface area contributed by atoms with Gasteiger partial charge in [-0.25, -0.2) is 0 Å². The quantitative estimate of drug-likeness (QED) is 0.174. The first-order chi connectivity index (χ1) is 18.3. The van der Waals surface area contributed by atoms with Crippen molar-refractivity contribution in [3.63, 3.8) is 0 Å². The van der Waals surface area contributed by atoms with E-state index in [4.69, 9.17) is 9.47 Å². The zero-order valence-electron chi connectivity index (χ0n) is 22.2. The van der Waals surface area contributed by atoms with Crippen LogP contribution in [0.3, 0.4) is 0 Å². The Morgan fingerprint density at radius 1 is 0.711 bits per heavy atom. The zero-order valence-corrected chi connectivity index (χ0v) is 22.2. The summed E-state index contributed by atoms with van der Waals surface area (Å²) >= 11 is 0. The maximum absolute atomic E-state index is 9.57. The van der Waals surface area contributed by atoms with Gasteiger partial charge in [-0.05, 0) is 65.1 Å². The van der Waals surface area contributed by atoms with Gasteiger partial charge in [-0.3, -0.25) is 0 Å². The van der Waals surface area contributed by atoms with E-state index in [0.717, 1.165) is 33.6 Å². The summed E-state index contributed by atoms with van der Waals surface area (Å²) in [4.78, 5) is 0. The summed E-state index contributed by atoms with van der Waals surface area (Å²) in [6.07, 6.45) is 10.4. The van der Waals surface area contributed by atoms with Gasteiger partial charge in [0.25, 0.3) is 0 Å². The molecule has 0 amide bonds. The smallest absolute Gasteiger partial charge is 0.205 e. The third kappa shape index (κ3) is 8.65. The normalized spacial score (nSPS) is 12.3. The van der Waals surface area contributed by atoms with E-state index in [1.54, 1.807) is 12.1 Å². The van der Waals surface area contributed by atoms with Crippen molar-refractivity contribution in [3.8, 4) is 11.5 Å². The van der Waals surface area contributed by atoms with E-state index in [0.29, 0.717) is 6.61 Å². The number of hydrogen-bond donors (Lipinski definition) is 1. The Kier molecular flexibility index (Phi) is 8.97. The van der Waals surface area contributed by atoms with Crippen molar-refractivity contribution in [1.29, 1.82) is 0 Å². The van der Waals surface area contributed by atoms with E-state index in [1.165, 1.54) is 5.56 Å². The molecule has 0 heterocycles. The lowest BCUT2D eigenvalue weighted by Crippen LogP contribution is -2.31. The van der Waals surface area contributed by atoms with Crippen LogP contribution < -0.4 is 4.74 Å². The predicted molar refractivity (Wildman–Crippen MR) is 158 cm³/mol. The molecule has 0 saturated carbocycles. The number of benzene rings is 4. The summed E-state index contributed by atoms with van der Waals surface area (Å²) < 4.78 is 12.1. The van der Waals surface area contributed by atoms with Crippen molar-refractivity contribution >= 4 is 18.2 Å². The second-order valence-corrected chi connectivity index (χ2v) is 9.66. The highest BCUT2D eigenvalue weighted by molar-refractivity contribution is 5.68. The first-order valence-electron chi connectivity index (χ1n) is 12.8. The Morgan fingerprint density at radius 3 is 1.87 bits per heavy atom. The Balaban J connectivity index is 1.48. The second-order valence-electron chi connectivity index (χ2n) is 9.66. The molecule has 0 unspecified atom stereocenters. The summed E-state index contributed by atoms with van der Waals surface area (Å²) in [6, 6.07) is 33.7. The highest BCUT2D eigenvalue weighted by Gasteiger charge is 2.20. The highest BCUT2D eigenvalue weighted by atomic mass is 16.7. The summed E-state index contributed by atoms with van der Waals surface area (Å²) in [5, 5.41) is 9.57. The second kappa shape index (κ2) is 12.8. The zero-order chi connectivity index (χ0) is 26.8. The van der Waals surface area contributed by atoms with Crippen LogP contribution in [0.5, 0.6) is 11.5 Å². The molecule has 0 fully saturated rings. The number of allylic oxidation sites excluding steroid dienone is 3. The number of aryl methyl sites for hydroxylation is 1. The van der Waals surface area contributed by atoms with Crippen molar-refractivity contribution in [1.82, 2.24) is 0 Å². The van der Waals surface area contributed by atoms with Crippen LogP contribution in [-0.2, 0) is 11.3 Å². The van der Waals surface area contributed by atoms with E-state index in [-0.39, 0.29) is 5.75 Å². The monoisotopic (exact) mass is 502 g/mol. The molecular weight excluding hydrogens is 468 g/mol. The molecule has 0 radical (unpaired) electrons. The van der Waals surface area contributed by atoms with Crippen LogP contribution in [0.2, 0.25) is 0 Å². The van der Waals surface area contributed by atoms with E-state index < -0.39 is 5.79 Å². The van der Waals surface area contributed by atoms with Gasteiger partial charge in [-0.15, -0.1) is 0 Å². The Labute approximate surface area is 226 Å². The van der Waals surface area contributed by atoms with E-state index in [9.17, 15) is 5.11 Å². The average molecular weight is 503 g/mol. The number of ether oxygens (including phenoxy) is 2. The SMILES string of the molecule is Cc1ccc(C=CC(C=Cc2ccc(O)cc2)=Cc2ccc(OC(C)(C)OCc3ccccc3)cc2)cc1. The van der Waals surface area contributed by atoms with Crippen LogP contribution in [0.15, 0.2) is 121 Å². The van der Waals surface area contributed by atoms with Gasteiger partial charge in [-0.2, -0.15) is 0 Å². The van der Waals surface area contributed by atoms with Crippen molar-refractivity contribution in [2.45, 2.75) is 33.2 Å². The molecule has 1 N–H and O–H groups in total. The summed E-state index contributed by atoms with van der Waals surface area (Å²) in [6.45, 7) is 6.42. The molecule has 0 spiro atoms. The minimum atomic E-state index is -0.762. The fourth-order valence-corrected chi connectivity index (χ4v) is 3.77. The molecule has 3 heteroatoms.